The van der Waals surface area contributed by atoms with Crippen LogP contribution in [-0.4, -0.2) is 32.7 Å². The van der Waals surface area contributed by atoms with Crippen molar-refractivity contribution in [2.45, 2.75) is 19.4 Å². The van der Waals surface area contributed by atoms with Gasteiger partial charge in [0.25, 0.3) is 0 Å². The number of hydrogen-bond donors (Lipinski definition) is 0. The highest BCUT2D eigenvalue weighted by Crippen LogP contribution is 2.26. The summed E-state index contributed by atoms with van der Waals surface area (Å²) in [6, 6.07) is 7.92. The van der Waals surface area contributed by atoms with Crippen LogP contribution in [0.4, 0.5) is 0 Å². The largest absolute Gasteiger partial charge is 0.381 e. The second-order valence-corrected chi connectivity index (χ2v) is 5.72. The van der Waals surface area contributed by atoms with Crippen LogP contribution in [0.2, 0.25) is 0 Å². The van der Waals surface area contributed by atoms with Crippen molar-refractivity contribution < 1.29 is 4.74 Å². The Morgan fingerprint density at radius 2 is 2.18 bits per heavy atom. The van der Waals surface area contributed by atoms with Gasteiger partial charge in [0.1, 0.15) is 11.3 Å². The van der Waals surface area contributed by atoms with E-state index in [-0.39, 0.29) is 0 Å². The first-order valence-electron chi connectivity index (χ1n) is 7.71. The standard InChI is InChI=1S/C17H18N4O/c1-5-14(10-18-7-1)16-20-15-6-2-8-19-17(15)21(16)11-13-4-3-9-22-12-13/h1-2,5-8,10,13H,3-4,9,11-12H2. The van der Waals surface area contributed by atoms with E-state index in [0.29, 0.717) is 5.92 Å². The molecule has 0 aromatic carbocycles. The second-order valence-electron chi connectivity index (χ2n) is 5.72. The summed E-state index contributed by atoms with van der Waals surface area (Å²) in [5.41, 5.74) is 2.89. The Morgan fingerprint density at radius 3 is 3.00 bits per heavy atom. The van der Waals surface area contributed by atoms with Crippen LogP contribution in [0.15, 0.2) is 42.9 Å². The van der Waals surface area contributed by atoms with E-state index in [1.54, 1.807) is 6.20 Å². The minimum atomic E-state index is 0.517. The molecule has 0 amide bonds. The minimum absolute atomic E-state index is 0.517. The fourth-order valence-corrected chi connectivity index (χ4v) is 3.06. The van der Waals surface area contributed by atoms with Crippen molar-refractivity contribution in [1.29, 1.82) is 0 Å². The zero-order chi connectivity index (χ0) is 14.8. The molecule has 3 aromatic rings. The van der Waals surface area contributed by atoms with E-state index in [1.807, 2.05) is 36.7 Å². The Kier molecular flexibility index (Phi) is 3.56. The van der Waals surface area contributed by atoms with Crippen molar-refractivity contribution >= 4 is 11.2 Å². The Morgan fingerprint density at radius 1 is 1.23 bits per heavy atom. The number of rotatable bonds is 3. The Balaban J connectivity index is 1.79. The van der Waals surface area contributed by atoms with Gasteiger partial charge in [-0.15, -0.1) is 0 Å². The monoisotopic (exact) mass is 294 g/mol. The number of ether oxygens (including phenoxy) is 1. The Labute approximate surface area is 129 Å². The van der Waals surface area contributed by atoms with Crippen molar-refractivity contribution in [2.24, 2.45) is 5.92 Å². The molecule has 0 saturated carbocycles. The third-order valence-corrected chi connectivity index (χ3v) is 4.12. The van der Waals surface area contributed by atoms with Gasteiger partial charge in [0.2, 0.25) is 0 Å². The topological polar surface area (TPSA) is 52.8 Å². The third-order valence-electron chi connectivity index (χ3n) is 4.12. The number of aromatic nitrogens is 4. The summed E-state index contributed by atoms with van der Waals surface area (Å²) in [5, 5.41) is 0. The van der Waals surface area contributed by atoms with Gasteiger partial charge in [0, 0.05) is 43.2 Å². The molecule has 0 spiro atoms. The first kappa shape index (κ1) is 13.4. The van der Waals surface area contributed by atoms with Gasteiger partial charge >= 0.3 is 0 Å². The van der Waals surface area contributed by atoms with Crippen LogP contribution in [0.25, 0.3) is 22.6 Å². The summed E-state index contributed by atoms with van der Waals surface area (Å²) in [6.45, 7) is 2.59. The fourth-order valence-electron chi connectivity index (χ4n) is 3.06. The van der Waals surface area contributed by atoms with E-state index >= 15 is 0 Å². The molecule has 4 heterocycles. The molecule has 5 nitrogen and oxygen atoms in total. The predicted octanol–water partition coefficient (Wildman–Crippen LogP) is 2.92. The summed E-state index contributed by atoms with van der Waals surface area (Å²) in [7, 11) is 0. The molecule has 5 heteroatoms. The van der Waals surface area contributed by atoms with Crippen LogP contribution in [0.5, 0.6) is 0 Å². The summed E-state index contributed by atoms with van der Waals surface area (Å²) in [5.74, 6) is 1.45. The lowest BCUT2D eigenvalue weighted by Crippen LogP contribution is -2.22. The summed E-state index contributed by atoms with van der Waals surface area (Å²) < 4.78 is 7.84. The molecule has 1 aliphatic heterocycles. The number of imidazole rings is 1. The minimum Gasteiger partial charge on any atom is -0.381 e. The van der Waals surface area contributed by atoms with E-state index in [4.69, 9.17) is 9.72 Å². The maximum absolute atomic E-state index is 5.62. The maximum atomic E-state index is 5.62. The Hall–Kier alpha value is -2.27. The van der Waals surface area contributed by atoms with Crippen LogP contribution >= 0.6 is 0 Å². The third kappa shape index (κ3) is 2.48. The molecule has 0 bridgehead atoms. The molecule has 1 atom stereocenters. The van der Waals surface area contributed by atoms with E-state index in [2.05, 4.69) is 14.5 Å². The molecule has 1 fully saturated rings. The molecular weight excluding hydrogens is 276 g/mol. The lowest BCUT2D eigenvalue weighted by atomic mass is 10.0. The molecule has 0 N–H and O–H groups in total. The second kappa shape index (κ2) is 5.85. The van der Waals surface area contributed by atoms with Crippen molar-refractivity contribution in [3.05, 3.63) is 42.9 Å². The van der Waals surface area contributed by atoms with Gasteiger partial charge in [-0.05, 0) is 37.1 Å². The summed E-state index contributed by atoms with van der Waals surface area (Å²) >= 11 is 0. The number of fused-ring (bicyclic) bond motifs is 1. The van der Waals surface area contributed by atoms with E-state index in [9.17, 15) is 0 Å². The summed E-state index contributed by atoms with van der Waals surface area (Å²) in [4.78, 5) is 13.5. The van der Waals surface area contributed by atoms with Gasteiger partial charge in [-0.2, -0.15) is 0 Å². The molecule has 112 valence electrons. The van der Waals surface area contributed by atoms with Gasteiger partial charge in [0.15, 0.2) is 5.65 Å². The van der Waals surface area contributed by atoms with Gasteiger partial charge in [0.05, 0.1) is 6.61 Å². The van der Waals surface area contributed by atoms with Crippen molar-refractivity contribution in [1.82, 2.24) is 19.5 Å². The normalized spacial score (nSPS) is 18.6. The molecule has 0 aliphatic carbocycles. The zero-order valence-electron chi connectivity index (χ0n) is 12.4. The smallest absolute Gasteiger partial charge is 0.160 e. The van der Waals surface area contributed by atoms with Crippen molar-refractivity contribution in [3.8, 4) is 11.4 Å². The fraction of sp³-hybridized carbons (Fsp3) is 0.353. The van der Waals surface area contributed by atoms with E-state index in [0.717, 1.165) is 48.7 Å². The van der Waals surface area contributed by atoms with Crippen molar-refractivity contribution in [3.63, 3.8) is 0 Å². The summed E-state index contributed by atoms with van der Waals surface area (Å²) in [6.07, 6.45) is 7.79. The van der Waals surface area contributed by atoms with Crippen LogP contribution in [0, 0.1) is 5.92 Å². The Bertz CT molecular complexity index is 763. The molecule has 22 heavy (non-hydrogen) atoms. The van der Waals surface area contributed by atoms with Gasteiger partial charge in [-0.25, -0.2) is 9.97 Å². The van der Waals surface area contributed by atoms with Gasteiger partial charge < -0.3 is 9.30 Å². The SMILES string of the molecule is c1cncc(-c2nc3cccnc3n2CC2CCCOC2)c1. The lowest BCUT2D eigenvalue weighted by molar-refractivity contribution is 0.0489. The highest BCUT2D eigenvalue weighted by Gasteiger charge is 2.19. The van der Waals surface area contributed by atoms with Gasteiger partial charge in [-0.3, -0.25) is 4.98 Å². The van der Waals surface area contributed by atoms with Crippen LogP contribution in [0.3, 0.4) is 0 Å². The zero-order valence-corrected chi connectivity index (χ0v) is 12.4. The van der Waals surface area contributed by atoms with E-state index in [1.165, 1.54) is 6.42 Å². The first-order chi connectivity index (χ1) is 10.9. The van der Waals surface area contributed by atoms with E-state index < -0.39 is 0 Å². The first-order valence-corrected chi connectivity index (χ1v) is 7.71. The highest BCUT2D eigenvalue weighted by molar-refractivity contribution is 5.76. The van der Waals surface area contributed by atoms with Gasteiger partial charge in [-0.1, -0.05) is 0 Å². The molecule has 1 aliphatic rings. The van der Waals surface area contributed by atoms with Crippen molar-refractivity contribution in [2.75, 3.05) is 13.2 Å². The molecule has 0 radical (unpaired) electrons. The van der Waals surface area contributed by atoms with Crippen LogP contribution in [-0.2, 0) is 11.3 Å². The predicted molar refractivity (Wildman–Crippen MR) is 84.3 cm³/mol. The number of pyridine rings is 2. The quantitative estimate of drug-likeness (QED) is 0.745. The average molecular weight is 294 g/mol. The van der Waals surface area contributed by atoms with Crippen LogP contribution < -0.4 is 0 Å². The number of nitrogens with zero attached hydrogens (tertiary/aromatic N) is 4. The van der Waals surface area contributed by atoms with Crippen LogP contribution in [0.1, 0.15) is 12.8 Å². The lowest BCUT2D eigenvalue weighted by Gasteiger charge is -2.23. The molecule has 1 unspecified atom stereocenters. The molecular formula is C17H18N4O. The number of hydrogen-bond acceptors (Lipinski definition) is 4. The highest BCUT2D eigenvalue weighted by atomic mass is 16.5. The molecule has 4 rings (SSSR count). The molecule has 3 aromatic heterocycles. The maximum Gasteiger partial charge on any atom is 0.160 e. The average Bonchev–Trinajstić information content (AvgIpc) is 2.95. The molecule has 1 saturated heterocycles.